The average Bonchev–Trinajstić information content (AvgIpc) is 3.27. The van der Waals surface area contributed by atoms with Crippen molar-refractivity contribution in [1.82, 2.24) is 15.5 Å². The largest absolute Gasteiger partial charge is 0.462 e. The molecule has 0 aliphatic carbocycles. The Morgan fingerprint density at radius 3 is 2.34 bits per heavy atom. The number of aliphatic hydroxyl groups excluding tert-OH is 5. The Labute approximate surface area is 361 Å². The van der Waals surface area contributed by atoms with Crippen molar-refractivity contribution in [2.75, 3.05) is 32.8 Å². The van der Waals surface area contributed by atoms with Crippen LogP contribution in [0.25, 0.3) is 6.08 Å². The first-order valence-electron chi connectivity index (χ1n) is 21.1. The Hall–Kier alpha value is -4.50. The van der Waals surface area contributed by atoms with E-state index in [1.54, 1.807) is 53.4 Å². The molecule has 5 rings (SSSR count). The third-order valence-electron chi connectivity index (χ3n) is 11.2. The van der Waals surface area contributed by atoms with Crippen molar-refractivity contribution in [3.05, 3.63) is 71.8 Å². The summed E-state index contributed by atoms with van der Waals surface area (Å²) in [5.74, 6) is -1.42. The Kier molecular flexibility index (Phi) is 18.2. The molecule has 18 heteroatoms. The number of nitrogens with zero attached hydrogens (tertiary/aromatic N) is 1. The minimum absolute atomic E-state index is 0.0362. The maximum Gasteiger partial charge on any atom is 0.330 e. The molecule has 2 aromatic rings. The van der Waals surface area contributed by atoms with E-state index in [0.29, 0.717) is 38.9 Å². The fraction of sp³-hybridized carbons (Fsp3) is 0.591. The van der Waals surface area contributed by atoms with Crippen LogP contribution in [0.5, 0.6) is 5.75 Å². The van der Waals surface area contributed by atoms with Crippen LogP contribution in [0.1, 0.15) is 70.5 Å². The van der Waals surface area contributed by atoms with E-state index in [0.717, 1.165) is 11.1 Å². The van der Waals surface area contributed by atoms with E-state index in [1.165, 1.54) is 26.0 Å². The highest BCUT2D eigenvalue weighted by molar-refractivity contribution is 5.87. The van der Waals surface area contributed by atoms with E-state index in [2.05, 4.69) is 10.6 Å². The van der Waals surface area contributed by atoms with Crippen molar-refractivity contribution in [1.29, 1.82) is 0 Å². The molecule has 0 bridgehead atoms. The number of carbonyl (C=O) groups excluding carboxylic acids is 4. The van der Waals surface area contributed by atoms with E-state index in [-0.39, 0.29) is 36.4 Å². The highest BCUT2D eigenvalue weighted by Gasteiger charge is 2.51. The normalized spacial score (nSPS) is 32.0. The van der Waals surface area contributed by atoms with E-state index in [1.807, 2.05) is 19.9 Å². The summed E-state index contributed by atoms with van der Waals surface area (Å²) >= 11 is 0. The Morgan fingerprint density at radius 2 is 1.65 bits per heavy atom. The molecule has 3 heterocycles. The molecule has 3 saturated heterocycles. The van der Waals surface area contributed by atoms with Crippen molar-refractivity contribution in [2.45, 2.75) is 127 Å². The number of hydrogen-bond acceptors (Lipinski definition) is 16. The molecular formula is C44H61N3O15. The van der Waals surface area contributed by atoms with Crippen LogP contribution in [0.15, 0.2) is 60.7 Å². The van der Waals surface area contributed by atoms with Gasteiger partial charge in [0.25, 0.3) is 0 Å². The predicted molar refractivity (Wildman–Crippen MR) is 221 cm³/mol. The minimum Gasteiger partial charge on any atom is -0.462 e. The fourth-order valence-corrected chi connectivity index (χ4v) is 7.34. The van der Waals surface area contributed by atoms with Crippen molar-refractivity contribution in [3.8, 4) is 5.75 Å². The van der Waals surface area contributed by atoms with Crippen LogP contribution in [0.4, 0.5) is 0 Å². The van der Waals surface area contributed by atoms with Gasteiger partial charge < -0.3 is 69.5 Å². The third-order valence-corrected chi connectivity index (χ3v) is 11.2. The summed E-state index contributed by atoms with van der Waals surface area (Å²) in [5.41, 5.74) is 1.47. The maximum absolute atomic E-state index is 13.2. The monoisotopic (exact) mass is 871 g/mol. The lowest BCUT2D eigenvalue weighted by Crippen LogP contribution is -2.64. The second-order valence-corrected chi connectivity index (χ2v) is 15.9. The Bertz CT molecular complexity index is 1780. The van der Waals surface area contributed by atoms with Gasteiger partial charge in [0.05, 0.1) is 12.6 Å². The molecule has 62 heavy (non-hydrogen) atoms. The molecule has 342 valence electrons. The van der Waals surface area contributed by atoms with Gasteiger partial charge in [-0.1, -0.05) is 56.3 Å². The second kappa shape index (κ2) is 23.3. The zero-order valence-corrected chi connectivity index (χ0v) is 35.5. The van der Waals surface area contributed by atoms with Gasteiger partial charge >= 0.3 is 11.9 Å². The van der Waals surface area contributed by atoms with Crippen LogP contribution in [0.2, 0.25) is 0 Å². The lowest BCUT2D eigenvalue weighted by molar-refractivity contribution is -0.355. The van der Waals surface area contributed by atoms with E-state index < -0.39 is 92.1 Å². The van der Waals surface area contributed by atoms with Gasteiger partial charge in [0.1, 0.15) is 55.1 Å². The minimum atomic E-state index is -1.84. The number of ether oxygens (including phenoxy) is 6. The van der Waals surface area contributed by atoms with E-state index >= 15 is 0 Å². The molecular weight excluding hydrogens is 810 g/mol. The van der Waals surface area contributed by atoms with Crippen LogP contribution in [0, 0.1) is 5.92 Å². The smallest absolute Gasteiger partial charge is 0.330 e. The maximum atomic E-state index is 13.2. The first-order valence-corrected chi connectivity index (χ1v) is 21.1. The Balaban J connectivity index is 1.25. The van der Waals surface area contributed by atoms with Crippen LogP contribution < -0.4 is 15.4 Å². The standard InChI is InChI=1S/C44H61N3O15/c1-5-25(2)42(56)47-21-9-19-46-34(49)22-32(45-20-18-31(23-47)59-27(4)48)29-13-15-30(16-14-29)60-44-41(39(54)36(51)26(3)58-44)62-43-40(55)38(53)37(52)33(61-43)24-57-35(50)17-12-28-10-7-6-8-11-28/h6-8,10-17,25-26,31-33,36-41,43-45,51-55H,5,9,18-24H2,1-4H3,(H,46,49)/b17-12-/t25-,26-,31+,32-,33+,36-,37+,38-,39+,40+,41+,43-,44-/m0/s1. The summed E-state index contributed by atoms with van der Waals surface area (Å²) in [6, 6.07) is 15.2. The summed E-state index contributed by atoms with van der Waals surface area (Å²) in [6.45, 7) is 7.43. The molecule has 0 radical (unpaired) electrons. The summed E-state index contributed by atoms with van der Waals surface area (Å²) in [7, 11) is 0. The van der Waals surface area contributed by atoms with Crippen molar-refractivity contribution < 1.29 is 73.1 Å². The zero-order valence-electron chi connectivity index (χ0n) is 35.5. The zero-order chi connectivity index (χ0) is 44.9. The summed E-state index contributed by atoms with van der Waals surface area (Å²) in [5, 5.41) is 60.4. The summed E-state index contributed by atoms with van der Waals surface area (Å²) < 4.78 is 34.5. The van der Waals surface area contributed by atoms with Crippen LogP contribution in [0.3, 0.4) is 0 Å². The number of aliphatic hydroxyl groups is 5. The van der Waals surface area contributed by atoms with Gasteiger partial charge in [0.2, 0.25) is 18.1 Å². The van der Waals surface area contributed by atoms with Gasteiger partial charge in [-0.25, -0.2) is 4.79 Å². The van der Waals surface area contributed by atoms with Gasteiger partial charge in [0.15, 0.2) is 12.4 Å². The first-order chi connectivity index (χ1) is 29.6. The molecule has 7 N–H and O–H groups in total. The average molecular weight is 872 g/mol. The molecule has 2 aromatic carbocycles. The predicted octanol–water partition coefficient (Wildman–Crippen LogP) is 0.719. The summed E-state index contributed by atoms with van der Waals surface area (Å²) in [6.07, 6.45) is -11.6. The lowest BCUT2D eigenvalue weighted by Gasteiger charge is -2.45. The van der Waals surface area contributed by atoms with Crippen molar-refractivity contribution in [2.24, 2.45) is 5.92 Å². The number of carbonyl (C=O) groups is 4. The van der Waals surface area contributed by atoms with Crippen molar-refractivity contribution >= 4 is 29.8 Å². The Morgan fingerprint density at radius 1 is 0.919 bits per heavy atom. The van der Waals surface area contributed by atoms with E-state index in [4.69, 9.17) is 28.4 Å². The highest BCUT2D eigenvalue weighted by atomic mass is 16.8. The molecule has 18 nitrogen and oxygen atoms in total. The summed E-state index contributed by atoms with van der Waals surface area (Å²) in [4.78, 5) is 52.4. The highest BCUT2D eigenvalue weighted by Crippen LogP contribution is 2.31. The third kappa shape index (κ3) is 13.5. The van der Waals surface area contributed by atoms with Gasteiger partial charge in [0, 0.05) is 44.5 Å². The molecule has 3 aliphatic heterocycles. The molecule has 0 saturated carbocycles. The lowest BCUT2D eigenvalue weighted by atomic mass is 9.97. The molecule has 3 fully saturated rings. The number of benzene rings is 2. The number of hydrogen-bond donors (Lipinski definition) is 7. The molecule has 2 amide bonds. The number of amides is 2. The molecule has 3 aliphatic rings. The first kappa shape index (κ1) is 48.5. The second-order valence-electron chi connectivity index (χ2n) is 15.9. The quantitative estimate of drug-likeness (QED) is 0.115. The van der Waals surface area contributed by atoms with Gasteiger partial charge in [-0.15, -0.1) is 0 Å². The van der Waals surface area contributed by atoms with Crippen LogP contribution in [-0.2, 0) is 42.9 Å². The number of rotatable bonds is 12. The van der Waals surface area contributed by atoms with Gasteiger partial charge in [-0.05, 0) is 62.1 Å². The van der Waals surface area contributed by atoms with E-state index in [9.17, 15) is 44.7 Å². The van der Waals surface area contributed by atoms with Crippen molar-refractivity contribution in [3.63, 3.8) is 0 Å². The van der Waals surface area contributed by atoms with Crippen LogP contribution in [-0.4, -0.2) is 154 Å². The van der Waals surface area contributed by atoms with Crippen LogP contribution >= 0.6 is 0 Å². The molecule has 0 spiro atoms. The topological polar surface area (TPSA) is 252 Å². The SMILES string of the molecule is CC[C@H](C)C(=O)N1CCCNC(=O)C[C@@H](c2ccc(O[C@@H]3O[C@@H](C)[C@H](O)[C@@H](O)[C@H]3O[C@@H]3O[C@H](COC(=O)/C=C\c4ccccc4)[C@@H](O)[C@H](O)[C@H]3O)cc2)NCC[C@@H](OC(C)=O)C1. The number of esters is 2. The molecule has 0 unspecified atom stereocenters. The molecule has 0 aromatic heterocycles. The van der Waals surface area contributed by atoms with Gasteiger partial charge in [-0.3, -0.25) is 14.4 Å². The number of nitrogens with one attached hydrogen (secondary N) is 2. The fourth-order valence-electron chi connectivity index (χ4n) is 7.34. The molecule has 13 atom stereocenters. The van der Waals surface area contributed by atoms with Gasteiger partial charge in [-0.2, -0.15) is 0 Å².